The maximum absolute atomic E-state index is 13.5. The highest BCUT2D eigenvalue weighted by Gasteiger charge is 2.12. The molecule has 0 saturated heterocycles. The minimum absolute atomic E-state index is 0.0143. The number of nitrogens with one attached hydrogen (secondary N) is 3. The number of aromatic amines is 1. The van der Waals surface area contributed by atoms with Crippen LogP contribution in [0.5, 0.6) is 0 Å². The zero-order chi connectivity index (χ0) is 17.5. The first-order valence-electron chi connectivity index (χ1n) is 7.95. The number of benzene rings is 1. The van der Waals surface area contributed by atoms with Gasteiger partial charge in [-0.25, -0.2) is 9.18 Å². The van der Waals surface area contributed by atoms with Crippen molar-refractivity contribution in [3.05, 3.63) is 35.3 Å². The van der Waals surface area contributed by atoms with Gasteiger partial charge in [0.2, 0.25) is 0 Å². The van der Waals surface area contributed by atoms with Crippen molar-refractivity contribution >= 4 is 16.9 Å². The van der Waals surface area contributed by atoms with Crippen molar-refractivity contribution in [3.63, 3.8) is 0 Å². The molecule has 0 aliphatic carbocycles. The Morgan fingerprint density at radius 3 is 2.96 bits per heavy atom. The van der Waals surface area contributed by atoms with Crippen molar-refractivity contribution in [2.45, 2.75) is 25.8 Å². The number of fused-ring (bicyclic) bond motifs is 1. The molecule has 1 heterocycles. The lowest BCUT2D eigenvalue weighted by molar-refractivity contribution is 0.149. The van der Waals surface area contributed by atoms with Crippen LogP contribution in [0, 0.1) is 12.7 Å². The standard InChI is InChI=1S/C17H24FN3O3/c1-11-7-14-12(9-20-16(14)8-15(11)18)3-5-19-17(23)21-13(4-6-22)10-24-2/h7-9,13,20,22H,3-6,10H2,1-2H3,(H2,19,21,23). The summed E-state index contributed by atoms with van der Waals surface area (Å²) >= 11 is 0. The summed E-state index contributed by atoms with van der Waals surface area (Å²) in [6.45, 7) is 2.52. The van der Waals surface area contributed by atoms with Crippen molar-refractivity contribution in [1.82, 2.24) is 15.6 Å². The van der Waals surface area contributed by atoms with E-state index < -0.39 is 0 Å². The lowest BCUT2D eigenvalue weighted by atomic mass is 10.1. The molecule has 0 aliphatic rings. The summed E-state index contributed by atoms with van der Waals surface area (Å²) < 4.78 is 18.6. The molecule has 0 radical (unpaired) electrons. The van der Waals surface area contributed by atoms with Crippen molar-refractivity contribution in [3.8, 4) is 0 Å². The molecule has 1 aromatic carbocycles. The molecular weight excluding hydrogens is 313 g/mol. The van der Waals surface area contributed by atoms with Gasteiger partial charge in [0.25, 0.3) is 0 Å². The summed E-state index contributed by atoms with van der Waals surface area (Å²) in [4.78, 5) is 14.9. The number of halogens is 1. The molecular formula is C17H24FN3O3. The van der Waals surface area contributed by atoms with E-state index in [0.717, 1.165) is 16.5 Å². The average molecular weight is 337 g/mol. The predicted octanol–water partition coefficient (Wildman–Crippen LogP) is 1.85. The molecule has 0 spiro atoms. The SMILES string of the molecule is COCC(CCO)NC(=O)NCCc1c[nH]c2cc(F)c(C)cc12. The molecule has 7 heteroatoms. The Kier molecular flexibility index (Phi) is 6.57. The Labute approximate surface area is 140 Å². The lowest BCUT2D eigenvalue weighted by Gasteiger charge is -2.17. The number of ether oxygens (including phenoxy) is 1. The van der Waals surface area contributed by atoms with Gasteiger partial charge in [-0.2, -0.15) is 0 Å². The number of H-pyrrole nitrogens is 1. The summed E-state index contributed by atoms with van der Waals surface area (Å²) in [5, 5.41) is 15.5. The van der Waals surface area contributed by atoms with E-state index in [9.17, 15) is 9.18 Å². The Morgan fingerprint density at radius 2 is 2.25 bits per heavy atom. The van der Waals surface area contributed by atoms with E-state index in [1.165, 1.54) is 6.07 Å². The van der Waals surface area contributed by atoms with Crippen molar-refractivity contribution in [1.29, 1.82) is 0 Å². The quantitative estimate of drug-likeness (QED) is 0.593. The number of aliphatic hydroxyl groups is 1. The highest BCUT2D eigenvalue weighted by molar-refractivity contribution is 5.84. The van der Waals surface area contributed by atoms with Gasteiger partial charge in [0, 0.05) is 37.4 Å². The molecule has 24 heavy (non-hydrogen) atoms. The largest absolute Gasteiger partial charge is 0.396 e. The maximum Gasteiger partial charge on any atom is 0.315 e. The van der Waals surface area contributed by atoms with E-state index in [1.807, 2.05) is 12.3 Å². The third-order valence-electron chi connectivity index (χ3n) is 3.91. The molecule has 0 fully saturated rings. The summed E-state index contributed by atoms with van der Waals surface area (Å²) in [5.41, 5.74) is 2.37. The molecule has 4 N–H and O–H groups in total. The number of hydrogen-bond acceptors (Lipinski definition) is 3. The second kappa shape index (κ2) is 8.65. The molecule has 0 saturated carbocycles. The van der Waals surface area contributed by atoms with Gasteiger partial charge in [-0.15, -0.1) is 0 Å². The highest BCUT2D eigenvalue weighted by atomic mass is 19.1. The van der Waals surface area contributed by atoms with Crippen LogP contribution in [0.4, 0.5) is 9.18 Å². The van der Waals surface area contributed by atoms with Crippen molar-refractivity contribution in [2.24, 2.45) is 0 Å². The van der Waals surface area contributed by atoms with E-state index in [1.54, 1.807) is 14.0 Å². The van der Waals surface area contributed by atoms with E-state index in [2.05, 4.69) is 15.6 Å². The van der Waals surface area contributed by atoms with E-state index in [-0.39, 0.29) is 24.5 Å². The third-order valence-corrected chi connectivity index (χ3v) is 3.91. The zero-order valence-electron chi connectivity index (χ0n) is 14.0. The van der Waals surface area contributed by atoms with Gasteiger partial charge in [0.05, 0.1) is 12.6 Å². The average Bonchev–Trinajstić information content (AvgIpc) is 2.90. The highest BCUT2D eigenvalue weighted by Crippen LogP contribution is 2.22. The van der Waals surface area contributed by atoms with Gasteiger partial charge in [-0.05, 0) is 43.0 Å². The summed E-state index contributed by atoms with van der Waals surface area (Å²) in [6.07, 6.45) is 2.91. The van der Waals surface area contributed by atoms with E-state index in [0.29, 0.717) is 31.6 Å². The van der Waals surface area contributed by atoms with Gasteiger partial charge in [-0.1, -0.05) is 0 Å². The zero-order valence-corrected chi connectivity index (χ0v) is 14.0. The van der Waals surface area contributed by atoms with Crippen LogP contribution in [-0.4, -0.2) is 49.0 Å². The van der Waals surface area contributed by atoms with Crippen LogP contribution in [0.25, 0.3) is 10.9 Å². The molecule has 0 aliphatic heterocycles. The molecule has 1 atom stereocenters. The van der Waals surface area contributed by atoms with Crippen LogP contribution in [0.3, 0.4) is 0 Å². The van der Waals surface area contributed by atoms with Gasteiger partial charge < -0.3 is 25.5 Å². The van der Waals surface area contributed by atoms with Crippen molar-refractivity contribution < 1.29 is 19.0 Å². The fraction of sp³-hybridized carbons (Fsp3) is 0.471. The van der Waals surface area contributed by atoms with Crippen LogP contribution in [0.15, 0.2) is 18.3 Å². The van der Waals surface area contributed by atoms with Gasteiger partial charge >= 0.3 is 6.03 Å². The number of aromatic nitrogens is 1. The number of rotatable bonds is 8. The molecule has 0 bridgehead atoms. The molecule has 2 aromatic rings. The number of aryl methyl sites for hydroxylation is 1. The topological polar surface area (TPSA) is 86.4 Å². The minimum atomic E-state index is -0.299. The Balaban J connectivity index is 1.87. The minimum Gasteiger partial charge on any atom is -0.396 e. The van der Waals surface area contributed by atoms with E-state index >= 15 is 0 Å². The normalized spacial score (nSPS) is 12.3. The van der Waals surface area contributed by atoms with Crippen LogP contribution in [0.1, 0.15) is 17.5 Å². The fourth-order valence-corrected chi connectivity index (χ4v) is 2.62. The number of aliphatic hydroxyl groups excluding tert-OH is 1. The van der Waals surface area contributed by atoms with Crippen LogP contribution in [0.2, 0.25) is 0 Å². The first kappa shape index (κ1) is 18.2. The Hall–Kier alpha value is -2.12. The van der Waals surface area contributed by atoms with Crippen LogP contribution >= 0.6 is 0 Å². The predicted molar refractivity (Wildman–Crippen MR) is 90.6 cm³/mol. The lowest BCUT2D eigenvalue weighted by Crippen LogP contribution is -2.45. The monoisotopic (exact) mass is 337 g/mol. The summed E-state index contributed by atoms with van der Waals surface area (Å²) in [5.74, 6) is -0.235. The maximum atomic E-state index is 13.5. The second-order valence-corrected chi connectivity index (χ2v) is 5.78. The summed E-state index contributed by atoms with van der Waals surface area (Å²) in [6, 6.07) is 2.77. The number of amides is 2. The molecule has 6 nitrogen and oxygen atoms in total. The van der Waals surface area contributed by atoms with Gasteiger partial charge in [0.15, 0.2) is 0 Å². The Morgan fingerprint density at radius 1 is 1.46 bits per heavy atom. The summed E-state index contributed by atoms with van der Waals surface area (Å²) in [7, 11) is 1.55. The van der Waals surface area contributed by atoms with Gasteiger partial charge in [-0.3, -0.25) is 0 Å². The Bertz CT molecular complexity index is 681. The van der Waals surface area contributed by atoms with Crippen LogP contribution in [-0.2, 0) is 11.2 Å². The first-order valence-corrected chi connectivity index (χ1v) is 7.95. The molecule has 2 amide bonds. The number of carbonyl (C=O) groups excluding carboxylic acids is 1. The smallest absolute Gasteiger partial charge is 0.315 e. The van der Waals surface area contributed by atoms with Crippen LogP contribution < -0.4 is 10.6 Å². The van der Waals surface area contributed by atoms with Crippen molar-refractivity contribution in [2.75, 3.05) is 26.9 Å². The fourth-order valence-electron chi connectivity index (χ4n) is 2.62. The first-order chi connectivity index (χ1) is 11.5. The third kappa shape index (κ3) is 4.69. The second-order valence-electron chi connectivity index (χ2n) is 5.78. The molecule has 2 rings (SSSR count). The number of hydrogen-bond donors (Lipinski definition) is 4. The molecule has 132 valence electrons. The number of urea groups is 1. The van der Waals surface area contributed by atoms with Gasteiger partial charge in [0.1, 0.15) is 5.82 Å². The molecule has 1 unspecified atom stereocenters. The number of methoxy groups -OCH3 is 1. The number of carbonyl (C=O) groups is 1. The molecule has 1 aromatic heterocycles. The van der Waals surface area contributed by atoms with E-state index in [4.69, 9.17) is 9.84 Å².